The summed E-state index contributed by atoms with van der Waals surface area (Å²) in [5, 5.41) is 5.40. The first-order valence-corrected chi connectivity index (χ1v) is 8.72. The van der Waals surface area contributed by atoms with Gasteiger partial charge in [0, 0.05) is 12.7 Å². The molecular weight excluding hydrogens is 367 g/mol. The van der Waals surface area contributed by atoms with E-state index in [0.717, 1.165) is 25.0 Å². The average molecular weight is 385 g/mol. The van der Waals surface area contributed by atoms with E-state index >= 15 is 0 Å². The Hall–Kier alpha value is -3.35. The highest BCUT2D eigenvalue weighted by Gasteiger charge is 2.14. The van der Waals surface area contributed by atoms with Gasteiger partial charge in [0.1, 0.15) is 0 Å². The molecule has 0 radical (unpaired) electrons. The largest absolute Gasteiger partial charge is 0.352 e. The molecule has 2 N–H and O–H groups in total. The average Bonchev–Trinajstić information content (AvgIpc) is 2.72. The summed E-state index contributed by atoms with van der Waals surface area (Å²) in [6.07, 6.45) is 4.35. The summed E-state index contributed by atoms with van der Waals surface area (Å²) in [5.41, 5.74) is 1.49. The van der Waals surface area contributed by atoms with Crippen molar-refractivity contribution in [1.29, 1.82) is 0 Å². The van der Waals surface area contributed by atoms with Crippen LogP contribution in [0.25, 0.3) is 0 Å². The van der Waals surface area contributed by atoms with Gasteiger partial charge in [-0.25, -0.2) is 13.2 Å². The Morgan fingerprint density at radius 2 is 1.75 bits per heavy atom. The number of pyridine rings is 1. The highest BCUT2D eigenvalue weighted by atomic mass is 19.2. The maximum atomic E-state index is 13.8. The molecule has 0 fully saturated rings. The lowest BCUT2D eigenvalue weighted by molar-refractivity contribution is 0.0953. The van der Waals surface area contributed by atoms with Crippen LogP contribution in [0.15, 0.2) is 60.9 Å². The zero-order chi connectivity index (χ0) is 19.9. The monoisotopic (exact) mass is 385 g/mol. The number of hydrogen-bond acceptors (Lipinski definition) is 3. The molecule has 0 aliphatic carbocycles. The first-order chi connectivity index (χ1) is 13.5. The van der Waals surface area contributed by atoms with Crippen LogP contribution in [0.2, 0.25) is 0 Å². The number of halogens is 3. The molecule has 28 heavy (non-hydrogen) atoms. The summed E-state index contributed by atoms with van der Waals surface area (Å²) in [5.74, 6) is -4.50. The standard InChI is InChI=1S/C21H18F3N3O/c22-17-8-9-18(20(24)19(17)23)27-16-11-15(12-25-13-16)21(28)26-10-4-7-14-5-2-1-3-6-14/h1-3,5-6,8-9,11-13,27H,4,7,10H2,(H,26,28). The minimum atomic E-state index is -1.56. The van der Waals surface area contributed by atoms with E-state index in [1.54, 1.807) is 0 Å². The Kier molecular flexibility index (Phi) is 6.26. The molecule has 0 aliphatic rings. The summed E-state index contributed by atoms with van der Waals surface area (Å²) in [4.78, 5) is 16.2. The number of nitrogens with one attached hydrogen (secondary N) is 2. The van der Waals surface area contributed by atoms with Gasteiger partial charge in [0.15, 0.2) is 17.5 Å². The number of benzene rings is 2. The third kappa shape index (κ3) is 4.88. The lowest BCUT2D eigenvalue weighted by Gasteiger charge is -2.10. The predicted molar refractivity (Wildman–Crippen MR) is 101 cm³/mol. The fourth-order valence-electron chi connectivity index (χ4n) is 2.65. The van der Waals surface area contributed by atoms with Gasteiger partial charge in [-0.3, -0.25) is 9.78 Å². The SMILES string of the molecule is O=C(NCCCc1ccccc1)c1cncc(Nc2ccc(F)c(F)c2F)c1. The smallest absolute Gasteiger partial charge is 0.252 e. The van der Waals surface area contributed by atoms with E-state index in [-0.39, 0.29) is 22.8 Å². The normalized spacial score (nSPS) is 10.5. The molecule has 3 rings (SSSR count). The van der Waals surface area contributed by atoms with Crippen LogP contribution in [-0.4, -0.2) is 17.4 Å². The van der Waals surface area contributed by atoms with Crippen LogP contribution in [-0.2, 0) is 6.42 Å². The van der Waals surface area contributed by atoms with E-state index in [0.29, 0.717) is 6.54 Å². The van der Waals surface area contributed by atoms with Crippen LogP contribution in [0.5, 0.6) is 0 Å². The van der Waals surface area contributed by atoms with Crippen LogP contribution in [0.3, 0.4) is 0 Å². The number of carbonyl (C=O) groups excluding carboxylic acids is 1. The van der Waals surface area contributed by atoms with Gasteiger partial charge in [-0.15, -0.1) is 0 Å². The lowest BCUT2D eigenvalue weighted by Crippen LogP contribution is -2.25. The number of anilines is 2. The van der Waals surface area contributed by atoms with Gasteiger partial charge in [0.2, 0.25) is 0 Å². The number of aromatic nitrogens is 1. The molecule has 0 bridgehead atoms. The summed E-state index contributed by atoms with van der Waals surface area (Å²) in [6, 6.07) is 13.3. The van der Waals surface area contributed by atoms with Crippen molar-refractivity contribution in [1.82, 2.24) is 10.3 Å². The Balaban J connectivity index is 1.58. The number of carbonyl (C=O) groups is 1. The minimum absolute atomic E-state index is 0.249. The molecular formula is C21H18F3N3O. The zero-order valence-corrected chi connectivity index (χ0v) is 14.9. The maximum Gasteiger partial charge on any atom is 0.252 e. The van der Waals surface area contributed by atoms with Crippen molar-refractivity contribution in [2.75, 3.05) is 11.9 Å². The second-order valence-electron chi connectivity index (χ2n) is 6.16. The fourth-order valence-corrected chi connectivity index (χ4v) is 2.65. The van der Waals surface area contributed by atoms with Crippen molar-refractivity contribution >= 4 is 17.3 Å². The first-order valence-electron chi connectivity index (χ1n) is 8.72. The quantitative estimate of drug-likeness (QED) is 0.461. The molecule has 0 atom stereocenters. The molecule has 0 saturated carbocycles. The van der Waals surface area contributed by atoms with Gasteiger partial charge in [-0.2, -0.15) is 0 Å². The Morgan fingerprint density at radius 3 is 2.54 bits per heavy atom. The van der Waals surface area contributed by atoms with Crippen LogP contribution < -0.4 is 10.6 Å². The Bertz CT molecular complexity index is 964. The summed E-state index contributed by atoms with van der Waals surface area (Å²) in [6.45, 7) is 0.489. The van der Waals surface area contributed by atoms with Gasteiger partial charge >= 0.3 is 0 Å². The van der Waals surface area contributed by atoms with Crippen molar-refractivity contribution in [3.05, 3.63) is 89.5 Å². The number of amides is 1. The van der Waals surface area contributed by atoms with Crippen LogP contribution in [0.4, 0.5) is 24.5 Å². The third-order valence-electron chi connectivity index (χ3n) is 4.09. The van der Waals surface area contributed by atoms with E-state index in [9.17, 15) is 18.0 Å². The lowest BCUT2D eigenvalue weighted by atomic mass is 10.1. The molecule has 0 aliphatic heterocycles. The van der Waals surface area contributed by atoms with Crippen molar-refractivity contribution in [2.45, 2.75) is 12.8 Å². The summed E-state index contributed by atoms with van der Waals surface area (Å²) < 4.78 is 40.1. The molecule has 2 aromatic carbocycles. The maximum absolute atomic E-state index is 13.8. The highest BCUT2D eigenvalue weighted by Crippen LogP contribution is 2.23. The molecule has 4 nitrogen and oxygen atoms in total. The molecule has 0 unspecified atom stereocenters. The molecule has 7 heteroatoms. The van der Waals surface area contributed by atoms with E-state index in [2.05, 4.69) is 15.6 Å². The number of aryl methyl sites for hydroxylation is 1. The predicted octanol–water partition coefficient (Wildman–Crippen LogP) is 4.61. The van der Waals surface area contributed by atoms with Crippen molar-refractivity contribution in [2.24, 2.45) is 0 Å². The van der Waals surface area contributed by atoms with Gasteiger partial charge in [0.05, 0.1) is 23.1 Å². The molecule has 3 aromatic rings. The molecule has 0 spiro atoms. The van der Waals surface area contributed by atoms with Gasteiger partial charge < -0.3 is 10.6 Å². The topological polar surface area (TPSA) is 54.0 Å². The van der Waals surface area contributed by atoms with Crippen LogP contribution in [0, 0.1) is 17.5 Å². The van der Waals surface area contributed by atoms with Crippen LogP contribution >= 0.6 is 0 Å². The molecule has 1 aromatic heterocycles. The van der Waals surface area contributed by atoms with Crippen molar-refractivity contribution < 1.29 is 18.0 Å². The summed E-state index contributed by atoms with van der Waals surface area (Å²) >= 11 is 0. The second-order valence-corrected chi connectivity index (χ2v) is 6.16. The van der Waals surface area contributed by atoms with E-state index < -0.39 is 17.5 Å². The van der Waals surface area contributed by atoms with Crippen molar-refractivity contribution in [3.63, 3.8) is 0 Å². The second kappa shape index (κ2) is 9.03. The fraction of sp³-hybridized carbons (Fsp3) is 0.143. The van der Waals surface area contributed by atoms with E-state index in [1.807, 2.05) is 30.3 Å². The molecule has 1 amide bonds. The first kappa shape index (κ1) is 19.4. The number of hydrogen-bond donors (Lipinski definition) is 2. The van der Waals surface area contributed by atoms with Gasteiger partial charge in [-0.1, -0.05) is 30.3 Å². The molecule has 0 saturated heterocycles. The summed E-state index contributed by atoms with van der Waals surface area (Å²) in [7, 11) is 0. The highest BCUT2D eigenvalue weighted by molar-refractivity contribution is 5.94. The Morgan fingerprint density at radius 1 is 0.964 bits per heavy atom. The van der Waals surface area contributed by atoms with Gasteiger partial charge in [-0.05, 0) is 36.6 Å². The van der Waals surface area contributed by atoms with E-state index in [4.69, 9.17) is 0 Å². The third-order valence-corrected chi connectivity index (χ3v) is 4.09. The van der Waals surface area contributed by atoms with Crippen molar-refractivity contribution in [3.8, 4) is 0 Å². The Labute approximate surface area is 160 Å². The number of rotatable bonds is 7. The van der Waals surface area contributed by atoms with E-state index in [1.165, 1.54) is 24.0 Å². The zero-order valence-electron chi connectivity index (χ0n) is 14.9. The number of nitrogens with zero attached hydrogens (tertiary/aromatic N) is 1. The van der Waals surface area contributed by atoms with Gasteiger partial charge in [0.25, 0.3) is 5.91 Å². The molecule has 1 heterocycles. The molecule has 144 valence electrons. The minimum Gasteiger partial charge on any atom is -0.352 e. The van der Waals surface area contributed by atoms with Crippen LogP contribution in [0.1, 0.15) is 22.3 Å².